The van der Waals surface area contributed by atoms with E-state index < -0.39 is 0 Å². The summed E-state index contributed by atoms with van der Waals surface area (Å²) in [6.45, 7) is 0. The molecule has 17 heavy (non-hydrogen) atoms. The zero-order valence-electron chi connectivity index (χ0n) is 8.68. The standard InChI is InChI=1S/C10H6ClN3O2S/c1-15-8-4-6(5-12)2-3-7(8)16-10-9(11)13-17-14-10/h2-4H,1H3. The fourth-order valence-electron chi connectivity index (χ4n) is 1.16. The topological polar surface area (TPSA) is 68.0 Å². The molecule has 0 unspecified atom stereocenters. The van der Waals surface area contributed by atoms with E-state index in [0.29, 0.717) is 17.1 Å². The van der Waals surface area contributed by atoms with Crippen molar-refractivity contribution < 1.29 is 9.47 Å². The summed E-state index contributed by atoms with van der Waals surface area (Å²) >= 11 is 6.72. The van der Waals surface area contributed by atoms with Crippen LogP contribution in [0, 0.1) is 11.3 Å². The Morgan fingerprint density at radius 1 is 1.35 bits per heavy atom. The first kappa shape index (κ1) is 11.6. The van der Waals surface area contributed by atoms with Crippen molar-refractivity contribution in [2.24, 2.45) is 0 Å². The minimum Gasteiger partial charge on any atom is -0.493 e. The average molecular weight is 268 g/mol. The van der Waals surface area contributed by atoms with Crippen molar-refractivity contribution >= 4 is 23.3 Å². The number of hydrogen-bond donors (Lipinski definition) is 0. The summed E-state index contributed by atoms with van der Waals surface area (Å²) in [4.78, 5) is 0. The molecule has 0 saturated heterocycles. The van der Waals surface area contributed by atoms with E-state index in [0.717, 1.165) is 11.7 Å². The highest BCUT2D eigenvalue weighted by Gasteiger charge is 2.12. The summed E-state index contributed by atoms with van der Waals surface area (Å²) < 4.78 is 18.2. The van der Waals surface area contributed by atoms with E-state index in [4.69, 9.17) is 26.3 Å². The highest BCUT2D eigenvalue weighted by atomic mass is 35.5. The van der Waals surface area contributed by atoms with E-state index in [1.165, 1.54) is 7.11 Å². The predicted octanol–water partition coefficient (Wildman–Crippen LogP) is 2.86. The van der Waals surface area contributed by atoms with E-state index in [9.17, 15) is 0 Å². The van der Waals surface area contributed by atoms with Crippen molar-refractivity contribution in [3.63, 3.8) is 0 Å². The first-order chi connectivity index (χ1) is 8.24. The number of rotatable bonds is 3. The number of methoxy groups -OCH3 is 1. The molecule has 0 bridgehead atoms. The van der Waals surface area contributed by atoms with Gasteiger partial charge in [-0.15, -0.1) is 4.37 Å². The van der Waals surface area contributed by atoms with Crippen molar-refractivity contribution in [1.82, 2.24) is 8.75 Å². The number of benzene rings is 1. The van der Waals surface area contributed by atoms with Crippen LogP contribution >= 0.6 is 23.3 Å². The maximum absolute atomic E-state index is 8.76. The van der Waals surface area contributed by atoms with Crippen molar-refractivity contribution in [3.8, 4) is 23.4 Å². The van der Waals surface area contributed by atoms with Crippen molar-refractivity contribution in [1.29, 1.82) is 5.26 Å². The van der Waals surface area contributed by atoms with Crippen LogP contribution in [0.4, 0.5) is 0 Å². The minimum atomic E-state index is 0.196. The van der Waals surface area contributed by atoms with E-state index in [1.54, 1.807) is 18.2 Å². The lowest BCUT2D eigenvalue weighted by Crippen LogP contribution is -1.91. The third-order valence-corrected chi connectivity index (χ3v) is 2.78. The van der Waals surface area contributed by atoms with Crippen LogP contribution in [0.2, 0.25) is 5.15 Å². The molecule has 2 rings (SSSR count). The summed E-state index contributed by atoms with van der Waals surface area (Å²) in [6, 6.07) is 6.82. The molecule has 0 aliphatic carbocycles. The molecule has 0 aliphatic heterocycles. The molecule has 1 heterocycles. The lowest BCUT2D eigenvalue weighted by Gasteiger charge is -2.08. The average Bonchev–Trinajstić information content (AvgIpc) is 2.75. The van der Waals surface area contributed by atoms with Gasteiger partial charge in [-0.1, -0.05) is 11.6 Å². The zero-order chi connectivity index (χ0) is 12.3. The molecule has 1 aromatic heterocycles. The Balaban J connectivity index is 2.33. The molecule has 5 nitrogen and oxygen atoms in total. The van der Waals surface area contributed by atoms with Gasteiger partial charge in [-0.3, -0.25) is 0 Å². The van der Waals surface area contributed by atoms with Crippen molar-refractivity contribution in [3.05, 3.63) is 28.9 Å². The fraction of sp³-hybridized carbons (Fsp3) is 0.100. The van der Waals surface area contributed by atoms with Crippen LogP contribution in [0.25, 0.3) is 0 Å². The summed E-state index contributed by atoms with van der Waals surface area (Å²) in [7, 11) is 1.49. The van der Waals surface area contributed by atoms with Crippen LogP contribution in [-0.4, -0.2) is 15.9 Å². The fourth-order valence-corrected chi connectivity index (χ4v) is 1.77. The van der Waals surface area contributed by atoms with Crippen molar-refractivity contribution in [2.75, 3.05) is 7.11 Å². The van der Waals surface area contributed by atoms with Crippen LogP contribution in [0.15, 0.2) is 18.2 Å². The Labute approximate surface area is 107 Å². The third-order valence-electron chi connectivity index (χ3n) is 1.92. The summed E-state index contributed by atoms with van der Waals surface area (Å²) in [5, 5.41) is 8.96. The van der Waals surface area contributed by atoms with Crippen LogP contribution in [0.5, 0.6) is 17.4 Å². The number of halogens is 1. The summed E-state index contributed by atoms with van der Waals surface area (Å²) in [5.41, 5.74) is 0.483. The Morgan fingerprint density at radius 2 is 2.18 bits per heavy atom. The molecule has 0 N–H and O–H groups in total. The van der Waals surface area contributed by atoms with E-state index >= 15 is 0 Å². The second kappa shape index (κ2) is 4.99. The van der Waals surface area contributed by atoms with E-state index in [1.807, 2.05) is 6.07 Å². The molecule has 0 atom stereocenters. The lowest BCUT2D eigenvalue weighted by molar-refractivity contribution is 0.375. The summed E-state index contributed by atoms with van der Waals surface area (Å²) in [6.07, 6.45) is 0. The first-order valence-electron chi connectivity index (χ1n) is 4.48. The molecule has 0 fully saturated rings. The molecule has 7 heteroatoms. The van der Waals surface area contributed by atoms with Gasteiger partial charge in [0.15, 0.2) is 11.5 Å². The van der Waals surface area contributed by atoms with Gasteiger partial charge in [-0.05, 0) is 12.1 Å². The Hall–Kier alpha value is -1.84. The molecule has 0 radical (unpaired) electrons. The van der Waals surface area contributed by atoms with Gasteiger partial charge in [0.25, 0.3) is 5.88 Å². The number of nitriles is 1. The highest BCUT2D eigenvalue weighted by Crippen LogP contribution is 2.34. The smallest absolute Gasteiger partial charge is 0.271 e. The highest BCUT2D eigenvalue weighted by molar-refractivity contribution is 6.99. The predicted molar refractivity (Wildman–Crippen MR) is 62.7 cm³/mol. The van der Waals surface area contributed by atoms with Gasteiger partial charge >= 0.3 is 0 Å². The first-order valence-corrected chi connectivity index (χ1v) is 5.59. The maximum Gasteiger partial charge on any atom is 0.271 e. The molecular weight excluding hydrogens is 262 g/mol. The van der Waals surface area contributed by atoms with Crippen LogP contribution in [-0.2, 0) is 0 Å². The Morgan fingerprint density at radius 3 is 2.76 bits per heavy atom. The molecular formula is C10H6ClN3O2S. The second-order valence-electron chi connectivity index (χ2n) is 2.94. The van der Waals surface area contributed by atoms with Gasteiger partial charge in [0, 0.05) is 6.07 Å². The Bertz CT molecular complexity index is 579. The molecule has 0 amide bonds. The SMILES string of the molecule is COc1cc(C#N)ccc1Oc1nsnc1Cl. The number of nitrogens with zero attached hydrogens (tertiary/aromatic N) is 3. The summed E-state index contributed by atoms with van der Waals surface area (Å²) in [5.74, 6) is 1.09. The Kier molecular flexibility index (Phi) is 3.42. The van der Waals surface area contributed by atoms with E-state index in [2.05, 4.69) is 8.75 Å². The second-order valence-corrected chi connectivity index (χ2v) is 3.83. The van der Waals surface area contributed by atoms with Gasteiger partial charge < -0.3 is 9.47 Å². The van der Waals surface area contributed by atoms with Gasteiger partial charge in [0.1, 0.15) is 0 Å². The normalized spacial score (nSPS) is 9.71. The lowest BCUT2D eigenvalue weighted by atomic mass is 10.2. The number of aromatic nitrogens is 2. The van der Waals surface area contributed by atoms with Gasteiger partial charge in [0.2, 0.25) is 5.15 Å². The van der Waals surface area contributed by atoms with Crippen LogP contribution in [0.1, 0.15) is 5.56 Å². The molecule has 0 saturated carbocycles. The van der Waals surface area contributed by atoms with Gasteiger partial charge in [-0.25, -0.2) is 0 Å². The zero-order valence-corrected chi connectivity index (χ0v) is 10.2. The maximum atomic E-state index is 8.76. The molecule has 1 aromatic carbocycles. The molecule has 2 aromatic rings. The van der Waals surface area contributed by atoms with Crippen LogP contribution < -0.4 is 9.47 Å². The molecule has 0 spiro atoms. The van der Waals surface area contributed by atoms with Gasteiger partial charge in [-0.2, -0.15) is 9.64 Å². The van der Waals surface area contributed by atoms with Crippen LogP contribution in [0.3, 0.4) is 0 Å². The molecule has 0 aliphatic rings. The van der Waals surface area contributed by atoms with Crippen molar-refractivity contribution in [2.45, 2.75) is 0 Å². The number of hydrogen-bond acceptors (Lipinski definition) is 6. The molecule has 86 valence electrons. The monoisotopic (exact) mass is 267 g/mol. The third kappa shape index (κ3) is 2.46. The minimum absolute atomic E-state index is 0.196. The van der Waals surface area contributed by atoms with E-state index in [-0.39, 0.29) is 11.0 Å². The number of ether oxygens (including phenoxy) is 2. The quantitative estimate of drug-likeness (QED) is 0.855. The van der Waals surface area contributed by atoms with Gasteiger partial charge in [0.05, 0.1) is 30.5 Å². The largest absolute Gasteiger partial charge is 0.493 e.